The molecular weight excluding hydrogens is 412 g/mol. The third kappa shape index (κ3) is 4.73. The second kappa shape index (κ2) is 8.81. The maximum Gasteiger partial charge on any atom is 0.212 e. The van der Waals surface area contributed by atoms with Crippen LogP contribution in [-0.4, -0.2) is 61.8 Å². The molecule has 0 spiro atoms. The lowest BCUT2D eigenvalue weighted by atomic mass is 9.84. The first-order valence-corrected chi connectivity index (χ1v) is 12.9. The van der Waals surface area contributed by atoms with E-state index in [1.165, 1.54) is 12.7 Å². The molecule has 0 aliphatic carbocycles. The van der Waals surface area contributed by atoms with Crippen molar-refractivity contribution in [2.75, 3.05) is 39.0 Å². The van der Waals surface area contributed by atoms with Crippen LogP contribution in [0.15, 0.2) is 42.5 Å². The van der Waals surface area contributed by atoms with Gasteiger partial charge in [0.25, 0.3) is 0 Å². The number of likely N-dealkylation sites (tertiary alicyclic amines) is 1. The maximum absolute atomic E-state index is 12.6. The highest BCUT2D eigenvalue weighted by Crippen LogP contribution is 2.42. The number of phenolic OH excluding ortho intramolecular Hbond substituents is 1. The summed E-state index contributed by atoms with van der Waals surface area (Å²) in [5, 5.41) is 9.95. The molecule has 2 heterocycles. The van der Waals surface area contributed by atoms with E-state index in [1.807, 2.05) is 37.3 Å². The van der Waals surface area contributed by atoms with Crippen molar-refractivity contribution in [1.29, 1.82) is 0 Å². The van der Waals surface area contributed by atoms with Crippen LogP contribution in [0.3, 0.4) is 0 Å². The summed E-state index contributed by atoms with van der Waals surface area (Å²) in [6.07, 6.45) is 2.50. The van der Waals surface area contributed by atoms with Crippen LogP contribution < -0.4 is 4.74 Å². The number of phenols is 1. The highest BCUT2D eigenvalue weighted by Gasteiger charge is 2.37. The summed E-state index contributed by atoms with van der Waals surface area (Å²) in [6, 6.07) is 12.5. The van der Waals surface area contributed by atoms with Gasteiger partial charge in [0.2, 0.25) is 10.0 Å². The average Bonchev–Trinajstić information content (AvgIpc) is 2.70. The molecular formula is C24H32N2O4S. The van der Waals surface area contributed by atoms with Crippen LogP contribution in [0.4, 0.5) is 0 Å². The van der Waals surface area contributed by atoms with E-state index in [2.05, 4.69) is 11.8 Å². The third-order valence-corrected chi connectivity index (χ3v) is 7.76. The third-order valence-electron chi connectivity index (χ3n) is 6.55. The number of aromatic hydroxyl groups is 1. The first-order valence-electron chi connectivity index (χ1n) is 11.0. The lowest BCUT2D eigenvalue weighted by Crippen LogP contribution is -2.47. The van der Waals surface area contributed by atoms with Crippen LogP contribution in [0.5, 0.6) is 11.5 Å². The average molecular weight is 445 g/mol. The number of nitrogens with zero attached hydrogens (tertiary/aromatic N) is 2. The van der Waals surface area contributed by atoms with E-state index in [0.717, 1.165) is 48.0 Å². The zero-order chi connectivity index (χ0) is 22.2. The monoisotopic (exact) mass is 444 g/mol. The van der Waals surface area contributed by atoms with Crippen molar-refractivity contribution in [2.45, 2.75) is 32.2 Å². The molecule has 7 heteroatoms. The Morgan fingerprint density at radius 3 is 2.42 bits per heavy atom. The second-order valence-electron chi connectivity index (χ2n) is 8.90. The van der Waals surface area contributed by atoms with Crippen LogP contribution in [0.25, 0.3) is 0 Å². The summed E-state index contributed by atoms with van der Waals surface area (Å²) in [6.45, 7) is 8.51. The standard InChI is InChI=1S/C24H32N2O4S/c1-4-18-15-25(16-18)11-12-30-21-8-5-19(6-9-21)24-22-10-7-20(27)13-23(22)17(2)14-26(24)31(3,28)29/h5-10,13,17-18,24,27H,4,11-12,14-16H2,1-3H3/t17-,24-/m1/s1. The summed E-state index contributed by atoms with van der Waals surface area (Å²) >= 11 is 0. The van der Waals surface area contributed by atoms with Gasteiger partial charge in [-0.15, -0.1) is 0 Å². The molecule has 2 aromatic carbocycles. The number of hydrogen-bond donors (Lipinski definition) is 1. The molecule has 0 amide bonds. The van der Waals surface area contributed by atoms with Crippen LogP contribution in [0.1, 0.15) is 48.9 Å². The van der Waals surface area contributed by atoms with Gasteiger partial charge < -0.3 is 9.84 Å². The molecule has 31 heavy (non-hydrogen) atoms. The van der Waals surface area contributed by atoms with Gasteiger partial charge in [0.15, 0.2) is 0 Å². The molecule has 6 nitrogen and oxygen atoms in total. The Morgan fingerprint density at radius 1 is 1.06 bits per heavy atom. The van der Waals surface area contributed by atoms with Crippen molar-refractivity contribution in [2.24, 2.45) is 5.92 Å². The molecule has 0 unspecified atom stereocenters. The first-order chi connectivity index (χ1) is 14.8. The molecule has 0 saturated carbocycles. The van der Waals surface area contributed by atoms with Gasteiger partial charge in [0.1, 0.15) is 18.1 Å². The van der Waals surface area contributed by atoms with Crippen LogP contribution in [0, 0.1) is 5.92 Å². The van der Waals surface area contributed by atoms with E-state index in [9.17, 15) is 13.5 Å². The molecule has 2 aromatic rings. The Bertz CT molecular complexity index is 1020. The minimum Gasteiger partial charge on any atom is -0.508 e. The van der Waals surface area contributed by atoms with Gasteiger partial charge >= 0.3 is 0 Å². The van der Waals surface area contributed by atoms with E-state index < -0.39 is 16.1 Å². The summed E-state index contributed by atoms with van der Waals surface area (Å²) in [7, 11) is -3.41. The summed E-state index contributed by atoms with van der Waals surface area (Å²) in [4.78, 5) is 2.40. The molecule has 4 rings (SSSR count). The molecule has 1 fully saturated rings. The smallest absolute Gasteiger partial charge is 0.212 e. The number of ether oxygens (including phenoxy) is 1. The summed E-state index contributed by atoms with van der Waals surface area (Å²) < 4.78 is 32.7. The van der Waals surface area contributed by atoms with Gasteiger partial charge in [-0.1, -0.05) is 38.5 Å². The molecule has 168 valence electrons. The van der Waals surface area contributed by atoms with Crippen LogP contribution in [-0.2, 0) is 10.0 Å². The van der Waals surface area contributed by atoms with Gasteiger partial charge in [-0.05, 0) is 52.8 Å². The van der Waals surface area contributed by atoms with Crippen molar-refractivity contribution in [3.05, 3.63) is 59.2 Å². The van der Waals surface area contributed by atoms with Crippen molar-refractivity contribution in [3.63, 3.8) is 0 Å². The lowest BCUT2D eigenvalue weighted by Gasteiger charge is -2.39. The molecule has 2 aliphatic heterocycles. The first kappa shape index (κ1) is 22.1. The maximum atomic E-state index is 12.6. The minimum atomic E-state index is -3.41. The fourth-order valence-corrected chi connectivity index (χ4v) is 5.81. The van der Waals surface area contributed by atoms with E-state index in [-0.39, 0.29) is 11.7 Å². The zero-order valence-electron chi connectivity index (χ0n) is 18.5. The Kier molecular flexibility index (Phi) is 6.28. The lowest BCUT2D eigenvalue weighted by molar-refractivity contribution is 0.0806. The normalized spacial score (nSPS) is 22.7. The number of sulfonamides is 1. The molecule has 1 saturated heterocycles. The molecule has 0 aromatic heterocycles. The SMILES string of the molecule is CCC1CN(CCOc2ccc([C@@H]3c4ccc(O)cc4[C@H](C)CN3S(C)(=O)=O)cc2)C1. The molecule has 2 aliphatic rings. The number of hydrogen-bond acceptors (Lipinski definition) is 5. The van der Waals surface area contributed by atoms with Crippen molar-refractivity contribution in [3.8, 4) is 11.5 Å². The number of fused-ring (bicyclic) bond motifs is 1. The molecule has 0 radical (unpaired) electrons. The fourth-order valence-electron chi connectivity index (χ4n) is 4.70. The van der Waals surface area contributed by atoms with Crippen LogP contribution >= 0.6 is 0 Å². The van der Waals surface area contributed by atoms with Gasteiger partial charge in [-0.3, -0.25) is 4.90 Å². The topological polar surface area (TPSA) is 70.1 Å². The zero-order valence-corrected chi connectivity index (χ0v) is 19.3. The van der Waals surface area contributed by atoms with Gasteiger partial charge in [0.05, 0.1) is 12.3 Å². The predicted molar refractivity (Wildman–Crippen MR) is 122 cm³/mol. The molecule has 2 atom stereocenters. The van der Waals surface area contributed by atoms with Crippen molar-refractivity contribution in [1.82, 2.24) is 9.21 Å². The Balaban J connectivity index is 1.52. The Morgan fingerprint density at radius 2 is 1.77 bits per heavy atom. The largest absolute Gasteiger partial charge is 0.508 e. The highest BCUT2D eigenvalue weighted by atomic mass is 32.2. The Hall–Kier alpha value is -2.09. The van der Waals surface area contributed by atoms with Gasteiger partial charge in [-0.25, -0.2) is 8.42 Å². The highest BCUT2D eigenvalue weighted by molar-refractivity contribution is 7.88. The van der Waals surface area contributed by atoms with E-state index in [0.29, 0.717) is 13.2 Å². The van der Waals surface area contributed by atoms with Crippen molar-refractivity contribution < 1.29 is 18.3 Å². The van der Waals surface area contributed by atoms with Gasteiger partial charge in [-0.2, -0.15) is 4.31 Å². The van der Waals surface area contributed by atoms with E-state index >= 15 is 0 Å². The van der Waals surface area contributed by atoms with E-state index in [1.54, 1.807) is 16.4 Å². The van der Waals surface area contributed by atoms with E-state index in [4.69, 9.17) is 4.74 Å². The number of benzene rings is 2. The Labute approximate surface area is 185 Å². The molecule has 1 N–H and O–H groups in total. The number of rotatable bonds is 7. The summed E-state index contributed by atoms with van der Waals surface area (Å²) in [5.41, 5.74) is 2.80. The van der Waals surface area contributed by atoms with Crippen LogP contribution in [0.2, 0.25) is 0 Å². The second-order valence-corrected chi connectivity index (χ2v) is 10.8. The fraction of sp³-hybridized carbons (Fsp3) is 0.500. The van der Waals surface area contributed by atoms with Gasteiger partial charge in [0, 0.05) is 26.2 Å². The predicted octanol–water partition coefficient (Wildman–Crippen LogP) is 3.58. The molecule has 0 bridgehead atoms. The minimum absolute atomic E-state index is 0.00416. The summed E-state index contributed by atoms with van der Waals surface area (Å²) in [5.74, 6) is 1.83. The van der Waals surface area contributed by atoms with Crippen molar-refractivity contribution >= 4 is 10.0 Å². The quantitative estimate of drug-likeness (QED) is 0.707.